The van der Waals surface area contributed by atoms with E-state index >= 15 is 0 Å². The van der Waals surface area contributed by atoms with Gasteiger partial charge < -0.3 is 19.5 Å². The molecule has 2 heterocycles. The summed E-state index contributed by atoms with van der Waals surface area (Å²) in [6.07, 6.45) is 2.08. The molecule has 38 heavy (non-hydrogen) atoms. The molecule has 1 fully saturated rings. The molecule has 1 aliphatic heterocycles. The minimum atomic E-state index is -3.93. The van der Waals surface area contributed by atoms with Crippen LogP contribution < -0.4 is 14.4 Å². The summed E-state index contributed by atoms with van der Waals surface area (Å²) in [6.45, 7) is 2.29. The minimum Gasteiger partial charge on any atom is -0.497 e. The number of fused-ring (bicyclic) bond motifs is 1. The zero-order valence-electron chi connectivity index (χ0n) is 20.9. The molecular weight excluding hydrogens is 568 g/mol. The highest BCUT2D eigenvalue weighted by Crippen LogP contribution is 2.23. The Bertz CT molecular complexity index is 1510. The van der Waals surface area contributed by atoms with Gasteiger partial charge in [0.15, 0.2) is 0 Å². The maximum atomic E-state index is 13.8. The number of carbonyl (C=O) groups is 1. The zero-order chi connectivity index (χ0) is 26.7. The van der Waals surface area contributed by atoms with Gasteiger partial charge in [-0.1, -0.05) is 34.1 Å². The van der Waals surface area contributed by atoms with Crippen LogP contribution in [0, 0.1) is 0 Å². The average Bonchev–Trinajstić information content (AvgIpc) is 3.35. The number of aromatic nitrogens is 1. The first-order chi connectivity index (χ1) is 18.3. The number of anilines is 1. The molecule has 5 rings (SSSR count). The van der Waals surface area contributed by atoms with Crippen molar-refractivity contribution >= 4 is 48.5 Å². The van der Waals surface area contributed by atoms with Gasteiger partial charge in [0.2, 0.25) is 15.9 Å². The average molecular weight is 598 g/mol. The Morgan fingerprint density at radius 2 is 1.68 bits per heavy atom. The summed E-state index contributed by atoms with van der Waals surface area (Å²) in [5.74, 6) is 0.561. The summed E-state index contributed by atoms with van der Waals surface area (Å²) in [4.78, 5) is 21.1. The lowest BCUT2D eigenvalue weighted by molar-refractivity contribution is -0.133. The lowest BCUT2D eigenvalue weighted by Gasteiger charge is -2.37. The number of halogens is 1. The number of hydrogen-bond acceptors (Lipinski definition) is 5. The third-order valence-electron chi connectivity index (χ3n) is 6.85. The molecule has 1 amide bonds. The van der Waals surface area contributed by atoms with Gasteiger partial charge in [0.25, 0.3) is 0 Å². The molecule has 0 spiro atoms. The fourth-order valence-corrected chi connectivity index (χ4v) is 6.22. The van der Waals surface area contributed by atoms with Gasteiger partial charge in [-0.3, -0.25) is 4.79 Å². The predicted molar refractivity (Wildman–Crippen MR) is 152 cm³/mol. The van der Waals surface area contributed by atoms with Crippen LogP contribution in [0.25, 0.3) is 10.9 Å². The van der Waals surface area contributed by atoms with Crippen LogP contribution in [-0.4, -0.2) is 63.5 Å². The number of nitrogens with zero attached hydrogens (tertiary/aromatic N) is 2. The van der Waals surface area contributed by atoms with Gasteiger partial charge in [-0.25, -0.2) is 8.42 Å². The number of aromatic amines is 1. The first kappa shape index (κ1) is 26.3. The van der Waals surface area contributed by atoms with Crippen molar-refractivity contribution in [3.8, 4) is 5.75 Å². The van der Waals surface area contributed by atoms with Crippen LogP contribution in [0.2, 0.25) is 0 Å². The molecule has 1 saturated heterocycles. The lowest BCUT2D eigenvalue weighted by Crippen LogP contribution is -2.55. The minimum absolute atomic E-state index is 0.113. The Kier molecular flexibility index (Phi) is 7.73. The number of para-hydroxylation sites is 1. The number of nitrogens with one attached hydrogen (secondary N) is 2. The van der Waals surface area contributed by atoms with E-state index in [9.17, 15) is 13.2 Å². The Balaban J connectivity index is 1.36. The van der Waals surface area contributed by atoms with E-state index in [2.05, 4.69) is 30.5 Å². The number of sulfonamides is 1. The van der Waals surface area contributed by atoms with E-state index in [1.54, 1.807) is 24.1 Å². The van der Waals surface area contributed by atoms with Crippen LogP contribution in [0.1, 0.15) is 5.56 Å². The van der Waals surface area contributed by atoms with Crippen molar-refractivity contribution < 1.29 is 17.9 Å². The van der Waals surface area contributed by atoms with Gasteiger partial charge in [0.1, 0.15) is 11.8 Å². The van der Waals surface area contributed by atoms with Crippen molar-refractivity contribution in [2.24, 2.45) is 0 Å². The Morgan fingerprint density at radius 3 is 2.37 bits per heavy atom. The molecule has 1 unspecified atom stereocenters. The molecule has 3 aromatic carbocycles. The molecule has 1 aliphatic rings. The second-order valence-corrected chi connectivity index (χ2v) is 11.8. The maximum Gasteiger partial charge on any atom is 0.241 e. The molecule has 8 nitrogen and oxygen atoms in total. The van der Waals surface area contributed by atoms with Crippen LogP contribution in [0.15, 0.2) is 88.4 Å². The third-order valence-corrected chi connectivity index (χ3v) is 8.86. The van der Waals surface area contributed by atoms with E-state index in [1.807, 2.05) is 54.7 Å². The molecule has 198 valence electrons. The smallest absolute Gasteiger partial charge is 0.241 e. The van der Waals surface area contributed by atoms with E-state index in [-0.39, 0.29) is 17.2 Å². The van der Waals surface area contributed by atoms with Gasteiger partial charge in [-0.05, 0) is 66.6 Å². The summed E-state index contributed by atoms with van der Waals surface area (Å²) in [7, 11) is -2.29. The van der Waals surface area contributed by atoms with Gasteiger partial charge in [-0.2, -0.15) is 4.72 Å². The number of carbonyl (C=O) groups excluding carboxylic acids is 1. The molecule has 0 radical (unpaired) electrons. The van der Waals surface area contributed by atoms with Crippen molar-refractivity contribution in [1.82, 2.24) is 14.6 Å². The van der Waals surface area contributed by atoms with Crippen molar-refractivity contribution in [3.63, 3.8) is 0 Å². The zero-order valence-corrected chi connectivity index (χ0v) is 23.3. The molecule has 4 aromatic rings. The Morgan fingerprint density at radius 1 is 1.00 bits per heavy atom. The summed E-state index contributed by atoms with van der Waals surface area (Å²) >= 11 is 3.34. The number of hydrogen-bond donors (Lipinski definition) is 2. The van der Waals surface area contributed by atoms with Crippen molar-refractivity contribution in [3.05, 3.63) is 89.0 Å². The van der Waals surface area contributed by atoms with Crippen LogP contribution in [0.3, 0.4) is 0 Å². The molecule has 0 saturated carbocycles. The monoisotopic (exact) mass is 596 g/mol. The van der Waals surface area contributed by atoms with E-state index in [4.69, 9.17) is 4.74 Å². The van der Waals surface area contributed by atoms with Gasteiger partial charge >= 0.3 is 0 Å². The predicted octanol–water partition coefficient (Wildman–Crippen LogP) is 4.18. The highest BCUT2D eigenvalue weighted by molar-refractivity contribution is 9.10. The molecule has 0 aliphatic carbocycles. The van der Waals surface area contributed by atoms with Gasteiger partial charge in [0, 0.05) is 53.4 Å². The first-order valence-electron chi connectivity index (χ1n) is 12.3. The normalized spacial score (nSPS) is 15.0. The van der Waals surface area contributed by atoms with E-state index in [0.717, 1.165) is 32.4 Å². The van der Waals surface area contributed by atoms with Gasteiger partial charge in [-0.15, -0.1) is 0 Å². The molecule has 0 bridgehead atoms. The van der Waals surface area contributed by atoms with Crippen LogP contribution in [-0.2, 0) is 21.2 Å². The number of methoxy groups -OCH3 is 1. The second kappa shape index (κ2) is 11.2. The highest BCUT2D eigenvalue weighted by atomic mass is 79.9. The van der Waals surface area contributed by atoms with E-state index in [1.165, 1.54) is 12.1 Å². The van der Waals surface area contributed by atoms with Gasteiger partial charge in [0.05, 0.1) is 12.0 Å². The SMILES string of the molecule is COc1ccc(N2CCN(C(=O)C(Cc3c[nH]c4ccccc34)NS(=O)(=O)c3ccc(Br)cc3)CC2)cc1. The Labute approximate surface area is 230 Å². The second-order valence-electron chi connectivity index (χ2n) is 9.20. The van der Waals surface area contributed by atoms with E-state index < -0.39 is 16.1 Å². The molecular formula is C28H29BrN4O4S. The number of benzene rings is 3. The molecule has 2 N–H and O–H groups in total. The summed E-state index contributed by atoms with van der Waals surface area (Å²) in [6, 6.07) is 21.1. The maximum absolute atomic E-state index is 13.8. The molecule has 10 heteroatoms. The van der Waals surface area contributed by atoms with Crippen LogP contribution >= 0.6 is 15.9 Å². The number of piperazine rings is 1. The number of amides is 1. The topological polar surface area (TPSA) is 94.7 Å². The molecule has 1 aromatic heterocycles. The highest BCUT2D eigenvalue weighted by Gasteiger charge is 2.32. The lowest BCUT2D eigenvalue weighted by atomic mass is 10.0. The van der Waals surface area contributed by atoms with Crippen molar-refractivity contribution in [1.29, 1.82) is 0 Å². The number of ether oxygens (including phenoxy) is 1. The fourth-order valence-electron chi connectivity index (χ4n) is 4.77. The standard InChI is InChI=1S/C28H29BrN4O4S/c1-37-23-10-8-22(9-11-23)32-14-16-33(17-15-32)28(34)27(18-20-19-30-26-5-3-2-4-25(20)26)31-38(35,36)24-12-6-21(29)7-13-24/h2-13,19,27,30-31H,14-18H2,1H3. The summed E-state index contributed by atoms with van der Waals surface area (Å²) < 4.78 is 35.3. The van der Waals surface area contributed by atoms with Crippen LogP contribution in [0.5, 0.6) is 5.75 Å². The number of rotatable bonds is 8. The summed E-state index contributed by atoms with van der Waals surface area (Å²) in [5, 5.41) is 0.970. The molecule has 1 atom stereocenters. The van der Waals surface area contributed by atoms with Crippen molar-refractivity contribution in [2.45, 2.75) is 17.4 Å². The fraction of sp³-hybridized carbons (Fsp3) is 0.250. The first-order valence-corrected chi connectivity index (χ1v) is 14.6. The third kappa shape index (κ3) is 5.72. The van der Waals surface area contributed by atoms with Crippen LogP contribution in [0.4, 0.5) is 5.69 Å². The van der Waals surface area contributed by atoms with E-state index in [0.29, 0.717) is 26.2 Å². The quantitative estimate of drug-likeness (QED) is 0.318. The summed E-state index contributed by atoms with van der Waals surface area (Å²) in [5.41, 5.74) is 2.89. The Hall–Kier alpha value is -3.34. The van der Waals surface area contributed by atoms with Crippen molar-refractivity contribution in [2.75, 3.05) is 38.2 Å². The number of H-pyrrole nitrogens is 1. The largest absolute Gasteiger partial charge is 0.497 e.